The third-order valence-electron chi connectivity index (χ3n) is 2.28. The van der Waals surface area contributed by atoms with Crippen LogP contribution in [-0.2, 0) is 0 Å². The second-order valence-electron chi connectivity index (χ2n) is 3.37. The first-order valence-electron chi connectivity index (χ1n) is 5.02. The highest BCUT2D eigenvalue weighted by Crippen LogP contribution is 2.19. The standard InChI is InChI=1S/C13H10ClNO2/c1-17-12-8-4-7-11(15-12)13(16)9-5-2-3-6-10(9)14/h2-8H,1H3. The van der Waals surface area contributed by atoms with Gasteiger partial charge in [0.15, 0.2) is 0 Å². The summed E-state index contributed by atoms with van der Waals surface area (Å²) in [5.74, 6) is 0.192. The lowest BCUT2D eigenvalue weighted by atomic mass is 10.1. The Balaban J connectivity index is 2.40. The van der Waals surface area contributed by atoms with Gasteiger partial charge in [0.1, 0.15) is 5.69 Å². The van der Waals surface area contributed by atoms with Crippen molar-refractivity contribution in [2.45, 2.75) is 0 Å². The molecule has 17 heavy (non-hydrogen) atoms. The van der Waals surface area contributed by atoms with Gasteiger partial charge in [0.25, 0.3) is 0 Å². The van der Waals surface area contributed by atoms with Crippen LogP contribution in [0, 0.1) is 0 Å². The minimum Gasteiger partial charge on any atom is -0.481 e. The molecule has 86 valence electrons. The number of aromatic nitrogens is 1. The Kier molecular flexibility index (Phi) is 3.40. The molecule has 1 heterocycles. The highest BCUT2D eigenvalue weighted by molar-refractivity contribution is 6.34. The molecule has 0 aliphatic rings. The molecule has 0 N–H and O–H groups in total. The number of hydrogen-bond acceptors (Lipinski definition) is 3. The number of carbonyl (C=O) groups is 1. The van der Waals surface area contributed by atoms with Gasteiger partial charge in [-0.2, -0.15) is 0 Å². The average molecular weight is 248 g/mol. The summed E-state index contributed by atoms with van der Waals surface area (Å²) >= 11 is 5.96. The highest BCUT2D eigenvalue weighted by Gasteiger charge is 2.13. The maximum Gasteiger partial charge on any atom is 0.213 e. The molecular weight excluding hydrogens is 238 g/mol. The zero-order chi connectivity index (χ0) is 12.3. The van der Waals surface area contributed by atoms with Crippen LogP contribution in [0.15, 0.2) is 42.5 Å². The summed E-state index contributed by atoms with van der Waals surface area (Å²) in [5.41, 5.74) is 0.757. The zero-order valence-electron chi connectivity index (χ0n) is 9.18. The Morgan fingerprint density at radius 2 is 1.94 bits per heavy atom. The van der Waals surface area contributed by atoms with E-state index >= 15 is 0 Å². The number of halogens is 1. The van der Waals surface area contributed by atoms with Crippen LogP contribution in [0.2, 0.25) is 5.02 Å². The van der Waals surface area contributed by atoms with E-state index in [9.17, 15) is 4.79 Å². The number of pyridine rings is 1. The number of ether oxygens (including phenoxy) is 1. The molecule has 1 aromatic heterocycles. The van der Waals surface area contributed by atoms with E-state index in [0.717, 1.165) is 0 Å². The Hall–Kier alpha value is -1.87. The van der Waals surface area contributed by atoms with E-state index in [1.165, 1.54) is 7.11 Å². The van der Waals surface area contributed by atoms with Crippen molar-refractivity contribution in [1.82, 2.24) is 4.98 Å². The normalized spacial score (nSPS) is 10.0. The second-order valence-corrected chi connectivity index (χ2v) is 3.78. The SMILES string of the molecule is COc1cccc(C(=O)c2ccccc2Cl)n1. The molecule has 2 aromatic rings. The predicted molar refractivity (Wildman–Crippen MR) is 65.7 cm³/mol. The van der Waals surface area contributed by atoms with Crippen LogP contribution in [0.5, 0.6) is 5.88 Å². The molecule has 2 rings (SSSR count). The van der Waals surface area contributed by atoms with Crippen LogP contribution in [0.1, 0.15) is 16.1 Å². The zero-order valence-corrected chi connectivity index (χ0v) is 9.94. The number of nitrogens with zero attached hydrogens (tertiary/aromatic N) is 1. The van der Waals surface area contributed by atoms with Gasteiger partial charge in [-0.25, -0.2) is 4.98 Å². The average Bonchev–Trinajstić information content (AvgIpc) is 2.38. The van der Waals surface area contributed by atoms with E-state index in [4.69, 9.17) is 16.3 Å². The maximum absolute atomic E-state index is 12.1. The molecule has 0 radical (unpaired) electrons. The molecule has 0 atom stereocenters. The summed E-state index contributed by atoms with van der Waals surface area (Å²) in [6.45, 7) is 0. The summed E-state index contributed by atoms with van der Waals surface area (Å²) in [6, 6.07) is 11.9. The van der Waals surface area contributed by atoms with E-state index in [2.05, 4.69) is 4.98 Å². The van der Waals surface area contributed by atoms with E-state index in [0.29, 0.717) is 22.2 Å². The van der Waals surface area contributed by atoms with Gasteiger partial charge >= 0.3 is 0 Å². The molecule has 0 saturated carbocycles. The topological polar surface area (TPSA) is 39.2 Å². The minimum atomic E-state index is -0.213. The number of rotatable bonds is 3. The molecule has 0 amide bonds. The number of hydrogen-bond donors (Lipinski definition) is 0. The van der Waals surface area contributed by atoms with E-state index in [1.54, 1.807) is 42.5 Å². The van der Waals surface area contributed by atoms with Gasteiger partial charge in [-0.15, -0.1) is 0 Å². The second kappa shape index (κ2) is 4.97. The van der Waals surface area contributed by atoms with Gasteiger partial charge in [0.05, 0.1) is 12.1 Å². The van der Waals surface area contributed by atoms with Crippen LogP contribution >= 0.6 is 11.6 Å². The van der Waals surface area contributed by atoms with Gasteiger partial charge in [-0.1, -0.05) is 29.8 Å². The molecule has 0 aliphatic carbocycles. The van der Waals surface area contributed by atoms with Gasteiger partial charge in [-0.3, -0.25) is 4.79 Å². The Morgan fingerprint density at radius 3 is 2.65 bits per heavy atom. The molecule has 0 bridgehead atoms. The van der Waals surface area contributed by atoms with Gasteiger partial charge in [-0.05, 0) is 18.2 Å². The first kappa shape index (κ1) is 11.6. The smallest absolute Gasteiger partial charge is 0.213 e. The van der Waals surface area contributed by atoms with E-state index < -0.39 is 0 Å². The number of ketones is 1. The van der Waals surface area contributed by atoms with Crippen molar-refractivity contribution in [3.05, 3.63) is 58.7 Å². The maximum atomic E-state index is 12.1. The largest absolute Gasteiger partial charge is 0.481 e. The molecule has 1 aromatic carbocycles. The summed E-state index contributed by atoms with van der Waals surface area (Å²) < 4.78 is 4.97. The molecule has 3 nitrogen and oxygen atoms in total. The molecule has 0 saturated heterocycles. The van der Waals surface area contributed by atoms with E-state index in [1.807, 2.05) is 0 Å². The summed E-state index contributed by atoms with van der Waals surface area (Å²) in [6.07, 6.45) is 0. The van der Waals surface area contributed by atoms with Crippen molar-refractivity contribution in [2.24, 2.45) is 0 Å². The lowest BCUT2D eigenvalue weighted by Gasteiger charge is -2.04. The van der Waals surface area contributed by atoms with Crippen LogP contribution in [0.25, 0.3) is 0 Å². The lowest BCUT2D eigenvalue weighted by Crippen LogP contribution is -2.05. The molecule has 0 fully saturated rings. The van der Waals surface area contributed by atoms with Crippen LogP contribution < -0.4 is 4.74 Å². The van der Waals surface area contributed by atoms with Gasteiger partial charge in [0.2, 0.25) is 11.7 Å². The number of methoxy groups -OCH3 is 1. The van der Waals surface area contributed by atoms with Crippen molar-refractivity contribution in [3.8, 4) is 5.88 Å². The molecular formula is C13H10ClNO2. The first-order valence-corrected chi connectivity index (χ1v) is 5.40. The Morgan fingerprint density at radius 1 is 1.18 bits per heavy atom. The van der Waals surface area contributed by atoms with Crippen LogP contribution in [0.4, 0.5) is 0 Å². The van der Waals surface area contributed by atoms with Crippen molar-refractivity contribution < 1.29 is 9.53 Å². The van der Waals surface area contributed by atoms with Crippen molar-refractivity contribution >= 4 is 17.4 Å². The molecule has 0 spiro atoms. The first-order chi connectivity index (χ1) is 8.22. The molecule has 4 heteroatoms. The van der Waals surface area contributed by atoms with Crippen molar-refractivity contribution in [2.75, 3.05) is 7.11 Å². The number of benzene rings is 1. The minimum absolute atomic E-state index is 0.213. The van der Waals surface area contributed by atoms with E-state index in [-0.39, 0.29) is 5.78 Å². The fourth-order valence-corrected chi connectivity index (χ4v) is 1.66. The highest BCUT2D eigenvalue weighted by atomic mass is 35.5. The predicted octanol–water partition coefficient (Wildman–Crippen LogP) is 2.97. The Bertz CT molecular complexity index is 555. The van der Waals surface area contributed by atoms with Crippen LogP contribution in [-0.4, -0.2) is 17.9 Å². The van der Waals surface area contributed by atoms with Crippen molar-refractivity contribution in [3.63, 3.8) is 0 Å². The fourth-order valence-electron chi connectivity index (χ4n) is 1.44. The van der Waals surface area contributed by atoms with Gasteiger partial charge < -0.3 is 4.74 Å². The Labute approximate surface area is 104 Å². The molecule has 0 aliphatic heterocycles. The van der Waals surface area contributed by atoms with Gasteiger partial charge in [0, 0.05) is 11.6 Å². The summed E-state index contributed by atoms with van der Waals surface area (Å²) in [4.78, 5) is 16.2. The van der Waals surface area contributed by atoms with Crippen molar-refractivity contribution in [1.29, 1.82) is 0 Å². The lowest BCUT2D eigenvalue weighted by molar-refractivity contribution is 0.103. The number of carbonyl (C=O) groups excluding carboxylic acids is 1. The van der Waals surface area contributed by atoms with Crippen LogP contribution in [0.3, 0.4) is 0 Å². The molecule has 0 unspecified atom stereocenters. The third kappa shape index (κ3) is 2.45. The quantitative estimate of drug-likeness (QED) is 0.783. The monoisotopic (exact) mass is 247 g/mol. The summed E-state index contributed by atoms with van der Waals surface area (Å²) in [7, 11) is 1.51. The fraction of sp³-hybridized carbons (Fsp3) is 0.0769. The third-order valence-corrected chi connectivity index (χ3v) is 2.61. The summed E-state index contributed by atoms with van der Waals surface area (Å²) in [5, 5.41) is 0.419.